The van der Waals surface area contributed by atoms with Crippen LogP contribution in [0.3, 0.4) is 0 Å². The highest BCUT2D eigenvalue weighted by molar-refractivity contribution is 6.17. The molecule has 0 aromatic carbocycles. The van der Waals surface area contributed by atoms with Gasteiger partial charge in [0.1, 0.15) is 5.69 Å². The minimum absolute atomic E-state index is 0.154. The molecule has 0 radical (unpaired) electrons. The third kappa shape index (κ3) is 3.39. The number of rotatable bonds is 4. The third-order valence-electron chi connectivity index (χ3n) is 1.78. The van der Waals surface area contributed by atoms with Crippen molar-refractivity contribution < 1.29 is 32.5 Å². The van der Waals surface area contributed by atoms with Crippen LogP contribution in [0.15, 0.2) is 6.07 Å². The molecule has 1 heterocycles. The van der Waals surface area contributed by atoms with E-state index in [0.29, 0.717) is 6.07 Å². The number of methoxy groups -OCH3 is 1. The van der Waals surface area contributed by atoms with Gasteiger partial charge in [-0.1, -0.05) is 0 Å². The lowest BCUT2D eigenvalue weighted by Crippen LogP contribution is -2.19. The van der Waals surface area contributed by atoms with E-state index in [1.807, 2.05) is 0 Å². The summed E-state index contributed by atoms with van der Waals surface area (Å²) < 4.78 is 44.8. The van der Waals surface area contributed by atoms with Gasteiger partial charge >= 0.3 is 12.3 Å². The van der Waals surface area contributed by atoms with E-state index in [0.717, 1.165) is 7.11 Å². The molecular formula is C9H7ClF3NO4. The SMILES string of the molecule is COc1c(OC(F)(F)F)cc(C(=O)O)nc1CCl. The summed E-state index contributed by atoms with van der Waals surface area (Å²) >= 11 is 5.46. The molecule has 1 rings (SSSR count). The summed E-state index contributed by atoms with van der Waals surface area (Å²) in [6, 6.07) is 0.616. The number of hydrogen-bond acceptors (Lipinski definition) is 4. The summed E-state index contributed by atoms with van der Waals surface area (Å²) in [5.74, 6) is -2.98. The molecule has 1 N–H and O–H groups in total. The van der Waals surface area contributed by atoms with Crippen LogP contribution in [0.5, 0.6) is 11.5 Å². The van der Waals surface area contributed by atoms with Crippen LogP contribution in [-0.2, 0) is 5.88 Å². The van der Waals surface area contributed by atoms with Crippen molar-refractivity contribution in [2.45, 2.75) is 12.2 Å². The van der Waals surface area contributed by atoms with E-state index in [1.54, 1.807) is 0 Å². The van der Waals surface area contributed by atoms with Crippen LogP contribution in [0, 0.1) is 0 Å². The topological polar surface area (TPSA) is 68.7 Å². The molecule has 100 valence electrons. The Morgan fingerprint density at radius 2 is 2.17 bits per heavy atom. The average molecular weight is 286 g/mol. The molecule has 0 aliphatic rings. The Morgan fingerprint density at radius 3 is 2.56 bits per heavy atom. The lowest BCUT2D eigenvalue weighted by Gasteiger charge is -2.14. The molecule has 1 aromatic rings. The number of hydrogen-bond donors (Lipinski definition) is 1. The maximum Gasteiger partial charge on any atom is 0.573 e. The Balaban J connectivity index is 3.35. The van der Waals surface area contributed by atoms with Gasteiger partial charge in [-0.3, -0.25) is 0 Å². The van der Waals surface area contributed by atoms with E-state index in [9.17, 15) is 18.0 Å². The van der Waals surface area contributed by atoms with Crippen LogP contribution in [-0.4, -0.2) is 29.5 Å². The van der Waals surface area contributed by atoms with Gasteiger partial charge in [0.2, 0.25) is 0 Å². The van der Waals surface area contributed by atoms with Crippen molar-refractivity contribution in [2.75, 3.05) is 7.11 Å². The maximum atomic E-state index is 12.1. The molecule has 18 heavy (non-hydrogen) atoms. The molecule has 1 aromatic heterocycles. The van der Waals surface area contributed by atoms with Crippen molar-refractivity contribution in [3.05, 3.63) is 17.5 Å². The summed E-state index contributed by atoms with van der Waals surface area (Å²) in [6.45, 7) is 0. The minimum atomic E-state index is -4.98. The zero-order chi connectivity index (χ0) is 13.9. The smallest absolute Gasteiger partial charge is 0.491 e. The van der Waals surface area contributed by atoms with Gasteiger partial charge in [0.25, 0.3) is 0 Å². The lowest BCUT2D eigenvalue weighted by atomic mass is 10.2. The predicted molar refractivity (Wildman–Crippen MR) is 54.0 cm³/mol. The molecule has 0 atom stereocenters. The second kappa shape index (κ2) is 5.30. The number of carbonyl (C=O) groups is 1. The van der Waals surface area contributed by atoms with Gasteiger partial charge in [-0.05, 0) is 0 Å². The van der Waals surface area contributed by atoms with Crippen LogP contribution in [0.25, 0.3) is 0 Å². The second-order valence-corrected chi connectivity index (χ2v) is 3.24. The first-order chi connectivity index (χ1) is 8.28. The van der Waals surface area contributed by atoms with Gasteiger partial charge in [0.15, 0.2) is 17.2 Å². The number of aromatic carboxylic acids is 1. The van der Waals surface area contributed by atoms with Gasteiger partial charge in [0.05, 0.1) is 13.0 Å². The van der Waals surface area contributed by atoms with Crippen molar-refractivity contribution in [3.8, 4) is 11.5 Å². The van der Waals surface area contributed by atoms with Gasteiger partial charge in [-0.25, -0.2) is 9.78 Å². The molecular weight excluding hydrogens is 279 g/mol. The molecule has 5 nitrogen and oxygen atoms in total. The second-order valence-electron chi connectivity index (χ2n) is 2.97. The van der Waals surface area contributed by atoms with Crippen LogP contribution >= 0.6 is 11.6 Å². The number of halogens is 4. The molecule has 0 aliphatic heterocycles. The summed E-state index contributed by atoms with van der Waals surface area (Å²) in [5.41, 5.74) is -0.774. The van der Waals surface area contributed by atoms with Gasteiger partial charge < -0.3 is 14.6 Å². The fraction of sp³-hybridized carbons (Fsp3) is 0.333. The lowest BCUT2D eigenvalue weighted by molar-refractivity contribution is -0.275. The Morgan fingerprint density at radius 1 is 1.56 bits per heavy atom. The van der Waals surface area contributed by atoms with E-state index < -0.39 is 23.8 Å². The summed E-state index contributed by atoms with van der Waals surface area (Å²) in [7, 11) is 1.09. The number of carboxylic acid groups (broad SMARTS) is 1. The summed E-state index contributed by atoms with van der Waals surface area (Å²) in [6.07, 6.45) is -4.98. The zero-order valence-corrected chi connectivity index (χ0v) is 9.67. The van der Waals surface area contributed by atoms with E-state index in [4.69, 9.17) is 16.7 Å². The number of pyridine rings is 1. The Bertz CT molecular complexity index is 464. The average Bonchev–Trinajstić information content (AvgIpc) is 2.25. The van der Waals surface area contributed by atoms with E-state index in [1.165, 1.54) is 0 Å². The van der Waals surface area contributed by atoms with E-state index in [2.05, 4.69) is 14.5 Å². The number of carboxylic acids is 1. The normalized spacial score (nSPS) is 11.2. The van der Waals surface area contributed by atoms with Gasteiger partial charge in [0, 0.05) is 6.07 Å². The van der Waals surface area contributed by atoms with E-state index >= 15 is 0 Å². The summed E-state index contributed by atoms with van der Waals surface area (Å²) in [5, 5.41) is 8.71. The largest absolute Gasteiger partial charge is 0.573 e. The van der Waals surface area contributed by atoms with Gasteiger partial charge in [-0.15, -0.1) is 24.8 Å². The van der Waals surface area contributed by atoms with Crippen molar-refractivity contribution in [1.82, 2.24) is 4.98 Å². The molecule has 0 spiro atoms. The number of alkyl halides is 4. The van der Waals surface area contributed by atoms with Crippen LogP contribution in [0.4, 0.5) is 13.2 Å². The number of ether oxygens (including phenoxy) is 2. The maximum absolute atomic E-state index is 12.1. The quantitative estimate of drug-likeness (QED) is 0.861. The Kier molecular flexibility index (Phi) is 4.23. The van der Waals surface area contributed by atoms with Crippen molar-refractivity contribution in [1.29, 1.82) is 0 Å². The Labute approximate surface area is 104 Å². The standard InChI is InChI=1S/C9H7ClF3NO4/c1-17-7-5(3-10)14-4(8(15)16)2-6(7)18-9(11,12)13/h2H,3H2,1H3,(H,15,16). The van der Waals surface area contributed by atoms with E-state index in [-0.39, 0.29) is 17.3 Å². The zero-order valence-electron chi connectivity index (χ0n) is 8.92. The fourth-order valence-electron chi connectivity index (χ4n) is 1.18. The first kappa shape index (κ1) is 14.4. The fourth-order valence-corrected chi connectivity index (χ4v) is 1.36. The highest BCUT2D eigenvalue weighted by atomic mass is 35.5. The monoisotopic (exact) mass is 285 g/mol. The highest BCUT2D eigenvalue weighted by Crippen LogP contribution is 2.35. The molecule has 0 amide bonds. The number of nitrogens with zero attached hydrogens (tertiary/aromatic N) is 1. The van der Waals surface area contributed by atoms with Crippen LogP contribution in [0.2, 0.25) is 0 Å². The van der Waals surface area contributed by atoms with Crippen molar-refractivity contribution in [3.63, 3.8) is 0 Å². The highest BCUT2D eigenvalue weighted by Gasteiger charge is 2.34. The molecule has 0 fully saturated rings. The first-order valence-electron chi connectivity index (χ1n) is 4.41. The van der Waals surface area contributed by atoms with Crippen molar-refractivity contribution in [2.24, 2.45) is 0 Å². The van der Waals surface area contributed by atoms with Crippen LogP contribution < -0.4 is 9.47 Å². The first-order valence-corrected chi connectivity index (χ1v) is 4.95. The molecule has 0 saturated heterocycles. The molecule has 0 bridgehead atoms. The third-order valence-corrected chi connectivity index (χ3v) is 2.04. The molecule has 0 aliphatic carbocycles. The Hall–Kier alpha value is -1.70. The molecule has 9 heteroatoms. The minimum Gasteiger partial charge on any atom is -0.491 e. The predicted octanol–water partition coefficient (Wildman–Crippen LogP) is 2.43. The number of aromatic nitrogens is 1. The van der Waals surface area contributed by atoms with Crippen molar-refractivity contribution >= 4 is 17.6 Å². The molecule has 0 unspecified atom stereocenters. The van der Waals surface area contributed by atoms with Gasteiger partial charge in [-0.2, -0.15) is 0 Å². The van der Waals surface area contributed by atoms with Crippen LogP contribution in [0.1, 0.15) is 16.2 Å². The summed E-state index contributed by atoms with van der Waals surface area (Å²) in [4.78, 5) is 14.3. The molecule has 0 saturated carbocycles.